The highest BCUT2D eigenvalue weighted by Gasteiger charge is 2.45. The fraction of sp³-hybridized carbons (Fsp3) is 0.458. The van der Waals surface area contributed by atoms with E-state index in [9.17, 15) is 18.0 Å². The number of carbonyl (C=O) groups is 1. The lowest BCUT2D eigenvalue weighted by Gasteiger charge is -2.52. The number of nitrogens with one attached hydrogen (secondary N) is 1. The SMILES string of the molecule is Cc1nc2ncc(Cl)cn2c1C(=O)NCC1CC2(CCN(c3ccc(OC(F)(F)F)cc3)CC2)C1. The van der Waals surface area contributed by atoms with Crippen molar-refractivity contribution >= 4 is 29.0 Å². The molecule has 3 heterocycles. The number of nitrogens with zero attached hydrogens (tertiary/aromatic N) is 4. The van der Waals surface area contributed by atoms with Crippen LogP contribution >= 0.6 is 11.6 Å². The average Bonchev–Trinajstić information content (AvgIpc) is 3.11. The van der Waals surface area contributed by atoms with Crippen LogP contribution in [0.4, 0.5) is 18.9 Å². The molecule has 1 aromatic carbocycles. The third-order valence-electron chi connectivity index (χ3n) is 7.09. The lowest BCUT2D eigenvalue weighted by molar-refractivity contribution is -0.274. The predicted molar refractivity (Wildman–Crippen MR) is 125 cm³/mol. The predicted octanol–water partition coefficient (Wildman–Crippen LogP) is 5.02. The van der Waals surface area contributed by atoms with Crippen molar-refractivity contribution in [2.45, 2.75) is 39.0 Å². The number of anilines is 1. The number of amides is 1. The van der Waals surface area contributed by atoms with Gasteiger partial charge in [0.25, 0.3) is 5.91 Å². The number of imidazole rings is 1. The molecule has 1 saturated carbocycles. The van der Waals surface area contributed by atoms with Crippen LogP contribution in [0.5, 0.6) is 5.75 Å². The zero-order valence-corrected chi connectivity index (χ0v) is 19.9. The largest absolute Gasteiger partial charge is 0.573 e. The zero-order valence-electron chi connectivity index (χ0n) is 19.1. The molecule has 0 unspecified atom stereocenters. The van der Waals surface area contributed by atoms with E-state index in [4.69, 9.17) is 11.6 Å². The summed E-state index contributed by atoms with van der Waals surface area (Å²) in [5, 5.41) is 3.48. The van der Waals surface area contributed by atoms with E-state index in [2.05, 4.69) is 24.9 Å². The number of aryl methyl sites for hydroxylation is 1. The molecule has 2 fully saturated rings. The first-order valence-corrected chi connectivity index (χ1v) is 11.9. The van der Waals surface area contributed by atoms with Crippen molar-refractivity contribution in [2.24, 2.45) is 11.3 Å². The fourth-order valence-electron chi connectivity index (χ4n) is 5.43. The van der Waals surface area contributed by atoms with E-state index in [-0.39, 0.29) is 17.1 Å². The Morgan fingerprint density at radius 3 is 2.57 bits per heavy atom. The van der Waals surface area contributed by atoms with Gasteiger partial charge < -0.3 is 15.0 Å². The number of fused-ring (bicyclic) bond motifs is 1. The van der Waals surface area contributed by atoms with E-state index in [1.807, 2.05) is 0 Å². The Morgan fingerprint density at radius 1 is 1.23 bits per heavy atom. The van der Waals surface area contributed by atoms with Crippen LogP contribution in [-0.4, -0.2) is 46.3 Å². The summed E-state index contributed by atoms with van der Waals surface area (Å²) in [6, 6.07) is 6.04. The van der Waals surface area contributed by atoms with E-state index in [0.29, 0.717) is 34.7 Å². The standard InChI is InChI=1S/C24H25ClF3N5O2/c1-15-20(33-14-17(25)13-30-22(33)31-15)21(34)29-12-16-10-23(11-16)6-8-32(9-7-23)18-2-4-19(5-3-18)35-24(26,27)28/h2-5,13-14,16H,6-12H2,1H3,(H,29,34). The lowest BCUT2D eigenvalue weighted by atomic mass is 9.57. The van der Waals surface area contributed by atoms with Gasteiger partial charge in [0.15, 0.2) is 0 Å². The van der Waals surface area contributed by atoms with Crippen LogP contribution in [0.1, 0.15) is 41.9 Å². The molecule has 5 rings (SSSR count). The minimum absolute atomic E-state index is 0.187. The Kier molecular flexibility index (Phi) is 6.03. The molecule has 0 radical (unpaired) electrons. The Morgan fingerprint density at radius 2 is 1.91 bits per heavy atom. The first-order chi connectivity index (χ1) is 16.6. The highest BCUT2D eigenvalue weighted by molar-refractivity contribution is 6.30. The minimum atomic E-state index is -4.68. The van der Waals surface area contributed by atoms with Crippen LogP contribution in [0.2, 0.25) is 5.02 Å². The third-order valence-corrected chi connectivity index (χ3v) is 7.29. The van der Waals surface area contributed by atoms with Gasteiger partial charge in [0.05, 0.1) is 16.9 Å². The van der Waals surface area contributed by atoms with Crippen molar-refractivity contribution in [3.05, 3.63) is 53.1 Å². The van der Waals surface area contributed by atoms with Gasteiger partial charge in [-0.2, -0.15) is 0 Å². The summed E-state index contributed by atoms with van der Waals surface area (Å²) in [6.45, 7) is 4.09. The molecule has 2 aromatic heterocycles. The summed E-state index contributed by atoms with van der Waals surface area (Å²) in [7, 11) is 0. The zero-order chi connectivity index (χ0) is 24.8. The number of benzene rings is 1. The molecule has 186 valence electrons. The lowest BCUT2D eigenvalue weighted by Crippen LogP contribution is -2.49. The van der Waals surface area contributed by atoms with Crippen LogP contribution in [0.25, 0.3) is 5.78 Å². The maximum absolute atomic E-state index is 12.8. The number of hydrogen-bond donors (Lipinski definition) is 1. The summed E-state index contributed by atoms with van der Waals surface area (Å²) in [5.74, 6) is 0.462. The van der Waals surface area contributed by atoms with E-state index >= 15 is 0 Å². The maximum atomic E-state index is 12.8. The van der Waals surface area contributed by atoms with Gasteiger partial charge in [-0.05, 0) is 68.2 Å². The van der Waals surface area contributed by atoms with Crippen molar-refractivity contribution in [1.29, 1.82) is 0 Å². The Hall–Kier alpha value is -3.01. The van der Waals surface area contributed by atoms with Gasteiger partial charge in [0.2, 0.25) is 5.78 Å². The molecule has 7 nitrogen and oxygen atoms in total. The topological polar surface area (TPSA) is 71.8 Å². The van der Waals surface area contributed by atoms with Gasteiger partial charge in [-0.1, -0.05) is 11.6 Å². The van der Waals surface area contributed by atoms with E-state index < -0.39 is 6.36 Å². The Balaban J connectivity index is 1.11. The van der Waals surface area contributed by atoms with Crippen LogP contribution in [0.15, 0.2) is 36.7 Å². The Labute approximate surface area is 205 Å². The van der Waals surface area contributed by atoms with Crippen LogP contribution in [-0.2, 0) is 0 Å². The third kappa shape index (κ3) is 5.03. The molecule has 0 bridgehead atoms. The second kappa shape index (κ2) is 8.89. The van der Waals surface area contributed by atoms with E-state index in [0.717, 1.165) is 44.5 Å². The van der Waals surface area contributed by atoms with E-state index in [1.54, 1.807) is 29.7 Å². The van der Waals surface area contributed by atoms with Gasteiger partial charge in [0.1, 0.15) is 11.4 Å². The second-order valence-electron chi connectivity index (χ2n) is 9.50. The number of carbonyl (C=O) groups excluding carboxylic acids is 1. The molecule has 2 aliphatic rings. The fourth-order valence-corrected chi connectivity index (χ4v) is 5.58. The number of piperidine rings is 1. The molecule has 35 heavy (non-hydrogen) atoms. The highest BCUT2D eigenvalue weighted by Crippen LogP contribution is 2.52. The summed E-state index contributed by atoms with van der Waals surface area (Å²) >= 11 is 6.03. The van der Waals surface area contributed by atoms with Gasteiger partial charge in [0, 0.05) is 31.5 Å². The number of alkyl halides is 3. The minimum Gasteiger partial charge on any atom is -0.406 e. The van der Waals surface area contributed by atoms with Gasteiger partial charge in [-0.15, -0.1) is 13.2 Å². The van der Waals surface area contributed by atoms with Gasteiger partial charge >= 0.3 is 6.36 Å². The van der Waals surface area contributed by atoms with Crippen molar-refractivity contribution in [1.82, 2.24) is 19.7 Å². The van der Waals surface area contributed by atoms with Gasteiger partial charge in [-0.3, -0.25) is 9.20 Å². The normalized spacial score (nSPS) is 18.0. The molecular formula is C24H25ClF3N5O2. The second-order valence-corrected chi connectivity index (χ2v) is 9.94. The quantitative estimate of drug-likeness (QED) is 0.525. The molecule has 1 saturated heterocycles. The van der Waals surface area contributed by atoms with Crippen molar-refractivity contribution < 1.29 is 22.7 Å². The summed E-state index contributed by atoms with van der Waals surface area (Å²) in [4.78, 5) is 23.5. The number of ether oxygens (including phenoxy) is 1. The summed E-state index contributed by atoms with van der Waals surface area (Å²) < 4.78 is 42.6. The highest BCUT2D eigenvalue weighted by atomic mass is 35.5. The monoisotopic (exact) mass is 507 g/mol. The van der Waals surface area contributed by atoms with Gasteiger partial charge in [-0.25, -0.2) is 9.97 Å². The van der Waals surface area contributed by atoms with E-state index in [1.165, 1.54) is 18.3 Å². The molecule has 1 amide bonds. The van der Waals surface area contributed by atoms with Crippen molar-refractivity contribution in [3.8, 4) is 5.75 Å². The molecule has 11 heteroatoms. The number of hydrogen-bond acceptors (Lipinski definition) is 5. The smallest absolute Gasteiger partial charge is 0.406 e. The molecule has 3 aromatic rings. The van der Waals surface area contributed by atoms with Crippen LogP contribution in [0.3, 0.4) is 0 Å². The molecule has 1 N–H and O–H groups in total. The molecular weight excluding hydrogens is 483 g/mol. The number of halogens is 4. The summed E-state index contributed by atoms with van der Waals surface area (Å²) in [5.41, 5.74) is 2.23. The maximum Gasteiger partial charge on any atom is 0.573 e. The van der Waals surface area contributed by atoms with Crippen molar-refractivity contribution in [3.63, 3.8) is 0 Å². The number of rotatable bonds is 5. The van der Waals surface area contributed by atoms with Crippen LogP contribution in [0, 0.1) is 18.3 Å². The summed E-state index contributed by atoms with van der Waals surface area (Å²) in [6.07, 6.45) is 2.61. The number of aromatic nitrogens is 3. The first kappa shape index (κ1) is 23.7. The first-order valence-electron chi connectivity index (χ1n) is 11.5. The van der Waals surface area contributed by atoms with Crippen LogP contribution < -0.4 is 15.0 Å². The molecule has 0 atom stereocenters. The molecule has 1 spiro atoms. The molecule has 1 aliphatic carbocycles. The Bertz CT molecular complexity index is 1230. The molecule has 1 aliphatic heterocycles. The average molecular weight is 508 g/mol. The van der Waals surface area contributed by atoms with Crippen molar-refractivity contribution in [2.75, 3.05) is 24.5 Å².